The fourth-order valence-electron chi connectivity index (χ4n) is 3.48. The van der Waals surface area contributed by atoms with Crippen molar-refractivity contribution in [2.75, 3.05) is 36.9 Å². The molecule has 0 unspecified atom stereocenters. The van der Waals surface area contributed by atoms with E-state index in [2.05, 4.69) is 28.7 Å². The van der Waals surface area contributed by atoms with Crippen molar-refractivity contribution in [3.8, 4) is 5.75 Å². The first-order chi connectivity index (χ1) is 16.0. The zero-order valence-corrected chi connectivity index (χ0v) is 19.8. The third-order valence-corrected chi connectivity index (χ3v) is 5.70. The van der Waals surface area contributed by atoms with Gasteiger partial charge in [0.15, 0.2) is 0 Å². The second-order valence-corrected chi connectivity index (χ2v) is 7.93. The van der Waals surface area contributed by atoms with Crippen molar-refractivity contribution >= 4 is 34.8 Å². The largest absolute Gasteiger partial charge is 0.494 e. The molecule has 0 saturated carbocycles. The molecule has 0 spiro atoms. The van der Waals surface area contributed by atoms with Crippen LogP contribution in [0.3, 0.4) is 0 Å². The Hall–Kier alpha value is -3.16. The average Bonchev–Trinajstić information content (AvgIpc) is 2.82. The Bertz CT molecular complexity index is 1040. The van der Waals surface area contributed by atoms with E-state index in [1.54, 1.807) is 12.1 Å². The number of hydrogen-bond acceptors (Lipinski definition) is 6. The lowest BCUT2D eigenvalue weighted by Gasteiger charge is -2.23. The smallest absolute Gasteiger partial charge is 0.237 e. The zero-order chi connectivity index (χ0) is 23.6. The first-order valence-corrected chi connectivity index (χ1v) is 11.5. The second kappa shape index (κ2) is 12.2. The van der Waals surface area contributed by atoms with Crippen molar-refractivity contribution in [2.45, 2.75) is 26.7 Å². The number of benzene rings is 2. The molecule has 0 aliphatic rings. The number of rotatable bonds is 11. The normalized spacial score (nSPS) is 10.9. The molecule has 174 valence electrons. The van der Waals surface area contributed by atoms with E-state index in [9.17, 15) is 4.79 Å². The van der Waals surface area contributed by atoms with E-state index in [1.807, 2.05) is 42.5 Å². The number of aromatic nitrogens is 2. The second-order valence-electron chi connectivity index (χ2n) is 7.52. The van der Waals surface area contributed by atoms with Gasteiger partial charge in [-0.15, -0.1) is 0 Å². The minimum atomic E-state index is -0.186. The monoisotopic (exact) mass is 467 g/mol. The fourth-order valence-corrected chi connectivity index (χ4v) is 3.68. The van der Waals surface area contributed by atoms with Crippen LogP contribution in [0.25, 0.3) is 0 Å². The Labute approximate surface area is 200 Å². The van der Waals surface area contributed by atoms with Gasteiger partial charge in [-0.1, -0.05) is 43.6 Å². The van der Waals surface area contributed by atoms with E-state index in [0.29, 0.717) is 23.1 Å². The van der Waals surface area contributed by atoms with Crippen LogP contribution >= 0.6 is 11.6 Å². The van der Waals surface area contributed by atoms with Crippen LogP contribution in [0.2, 0.25) is 5.02 Å². The van der Waals surface area contributed by atoms with E-state index in [1.165, 1.54) is 11.2 Å². The summed E-state index contributed by atoms with van der Waals surface area (Å²) in [6, 6.07) is 16.2. The minimum absolute atomic E-state index is 0.118. The summed E-state index contributed by atoms with van der Waals surface area (Å²) < 4.78 is 5.88. The highest BCUT2D eigenvalue weighted by molar-refractivity contribution is 6.31. The number of carbonyl (C=O) groups is 1. The van der Waals surface area contributed by atoms with Crippen LogP contribution in [0.4, 0.5) is 17.3 Å². The Morgan fingerprint density at radius 1 is 1.06 bits per heavy atom. The van der Waals surface area contributed by atoms with Crippen LogP contribution in [0.5, 0.6) is 5.75 Å². The Morgan fingerprint density at radius 2 is 1.79 bits per heavy atom. The molecule has 0 bridgehead atoms. The Balaban J connectivity index is 1.75. The SMILES string of the molecule is CCN(CC)CCCOc1ccc(N(C(=O)Cc2ccccc2Cl)c2cc(N)ncn2)cc1. The molecule has 1 aromatic heterocycles. The number of nitrogens with two attached hydrogens (primary N) is 1. The zero-order valence-electron chi connectivity index (χ0n) is 19.1. The molecular weight excluding hydrogens is 438 g/mol. The molecule has 3 aromatic rings. The molecule has 0 radical (unpaired) electrons. The lowest BCUT2D eigenvalue weighted by molar-refractivity contribution is -0.117. The van der Waals surface area contributed by atoms with Crippen molar-refractivity contribution in [3.05, 3.63) is 71.5 Å². The third-order valence-electron chi connectivity index (χ3n) is 5.33. The molecule has 1 amide bonds. The highest BCUT2D eigenvalue weighted by atomic mass is 35.5. The van der Waals surface area contributed by atoms with E-state index in [4.69, 9.17) is 22.1 Å². The summed E-state index contributed by atoms with van der Waals surface area (Å²) >= 11 is 6.27. The Kier molecular flexibility index (Phi) is 9.04. The summed E-state index contributed by atoms with van der Waals surface area (Å²) in [5.41, 5.74) is 7.24. The third kappa shape index (κ3) is 6.91. The number of halogens is 1. The molecule has 7 nitrogen and oxygen atoms in total. The molecule has 0 fully saturated rings. The lowest BCUT2D eigenvalue weighted by Crippen LogP contribution is -2.28. The van der Waals surface area contributed by atoms with Crippen molar-refractivity contribution in [3.63, 3.8) is 0 Å². The van der Waals surface area contributed by atoms with E-state index in [-0.39, 0.29) is 18.1 Å². The number of hydrogen-bond donors (Lipinski definition) is 1. The summed E-state index contributed by atoms with van der Waals surface area (Å²) in [6.07, 6.45) is 2.41. The summed E-state index contributed by atoms with van der Waals surface area (Å²) in [6.45, 7) is 8.03. The van der Waals surface area contributed by atoms with Crippen LogP contribution in [0.1, 0.15) is 25.8 Å². The van der Waals surface area contributed by atoms with Crippen LogP contribution in [0.15, 0.2) is 60.9 Å². The maximum absolute atomic E-state index is 13.3. The van der Waals surface area contributed by atoms with Gasteiger partial charge in [0.05, 0.1) is 18.7 Å². The van der Waals surface area contributed by atoms with Crippen LogP contribution < -0.4 is 15.4 Å². The summed E-state index contributed by atoms with van der Waals surface area (Å²) in [4.78, 5) is 25.4. The number of nitrogen functional groups attached to an aromatic ring is 1. The fraction of sp³-hybridized carbons (Fsp3) is 0.320. The quantitative estimate of drug-likeness (QED) is 0.410. The van der Waals surface area contributed by atoms with E-state index < -0.39 is 0 Å². The molecule has 8 heteroatoms. The Morgan fingerprint density at radius 3 is 2.45 bits per heavy atom. The molecule has 0 saturated heterocycles. The number of nitrogens with zero attached hydrogens (tertiary/aromatic N) is 4. The van der Waals surface area contributed by atoms with E-state index in [0.717, 1.165) is 37.4 Å². The molecule has 33 heavy (non-hydrogen) atoms. The van der Waals surface area contributed by atoms with Crippen molar-refractivity contribution in [2.24, 2.45) is 0 Å². The highest BCUT2D eigenvalue weighted by Crippen LogP contribution is 2.28. The molecule has 0 aliphatic heterocycles. The van der Waals surface area contributed by atoms with Gasteiger partial charge < -0.3 is 15.4 Å². The maximum Gasteiger partial charge on any atom is 0.237 e. The van der Waals surface area contributed by atoms with E-state index >= 15 is 0 Å². The topological polar surface area (TPSA) is 84.6 Å². The molecule has 2 aromatic carbocycles. The van der Waals surface area contributed by atoms with Gasteiger partial charge in [-0.2, -0.15) is 0 Å². The lowest BCUT2D eigenvalue weighted by atomic mass is 10.1. The molecule has 2 N–H and O–H groups in total. The number of carbonyl (C=O) groups excluding carboxylic acids is 1. The van der Waals surface area contributed by atoms with Gasteiger partial charge in [0.2, 0.25) is 5.91 Å². The van der Waals surface area contributed by atoms with Crippen molar-refractivity contribution < 1.29 is 9.53 Å². The van der Waals surface area contributed by atoms with Crippen LogP contribution in [-0.4, -0.2) is 47.0 Å². The molecule has 0 aliphatic carbocycles. The predicted molar refractivity (Wildman–Crippen MR) is 133 cm³/mol. The molecule has 1 heterocycles. The first-order valence-electron chi connectivity index (χ1n) is 11.1. The van der Waals surface area contributed by atoms with Crippen LogP contribution in [-0.2, 0) is 11.2 Å². The molecule has 3 rings (SSSR count). The summed E-state index contributed by atoms with van der Waals surface area (Å²) in [7, 11) is 0. The van der Waals surface area contributed by atoms with Gasteiger partial charge in [0, 0.05) is 17.6 Å². The summed E-state index contributed by atoms with van der Waals surface area (Å²) in [5, 5.41) is 0.543. The van der Waals surface area contributed by atoms with Crippen LogP contribution in [0, 0.1) is 0 Å². The number of amides is 1. The van der Waals surface area contributed by atoms with Gasteiger partial charge in [-0.05, 0) is 55.4 Å². The van der Waals surface area contributed by atoms with Gasteiger partial charge in [-0.25, -0.2) is 9.97 Å². The minimum Gasteiger partial charge on any atom is -0.494 e. The van der Waals surface area contributed by atoms with Crippen molar-refractivity contribution in [1.29, 1.82) is 0 Å². The standard InChI is InChI=1S/C25H30ClN5O2/c1-3-30(4-2)14-7-15-33-21-12-10-20(11-13-21)31(24-17-23(27)28-18-29-24)25(32)16-19-8-5-6-9-22(19)26/h5-6,8-13,17-18H,3-4,7,14-16H2,1-2H3,(H2,27,28,29). The van der Waals surface area contributed by atoms with Gasteiger partial charge >= 0.3 is 0 Å². The molecular formula is C25H30ClN5O2. The number of ether oxygens (including phenoxy) is 1. The average molecular weight is 468 g/mol. The summed E-state index contributed by atoms with van der Waals surface area (Å²) in [5.74, 6) is 1.24. The van der Waals surface area contributed by atoms with Crippen molar-refractivity contribution in [1.82, 2.24) is 14.9 Å². The van der Waals surface area contributed by atoms with Gasteiger partial charge in [-0.3, -0.25) is 9.69 Å². The molecule has 0 atom stereocenters. The first kappa shape index (κ1) is 24.5. The number of anilines is 3. The predicted octanol–water partition coefficient (Wildman–Crippen LogP) is 4.73. The maximum atomic E-state index is 13.3. The van der Waals surface area contributed by atoms with Gasteiger partial charge in [0.25, 0.3) is 0 Å². The van der Waals surface area contributed by atoms with Gasteiger partial charge in [0.1, 0.15) is 23.7 Å². The highest BCUT2D eigenvalue weighted by Gasteiger charge is 2.21.